The number of benzene rings is 2. The summed E-state index contributed by atoms with van der Waals surface area (Å²) in [6, 6.07) is 11.0. The highest BCUT2D eigenvalue weighted by Crippen LogP contribution is 2.39. The zero-order valence-electron chi connectivity index (χ0n) is 8.97. The molecule has 0 fully saturated rings. The molecule has 0 spiro atoms. The van der Waals surface area contributed by atoms with Gasteiger partial charge in [0, 0.05) is 0 Å². The Labute approximate surface area is 98.0 Å². The maximum absolute atomic E-state index is 10.9. The van der Waals surface area contributed by atoms with E-state index in [1.54, 1.807) is 12.1 Å². The van der Waals surface area contributed by atoms with Crippen LogP contribution < -0.4 is 0 Å². The summed E-state index contributed by atoms with van der Waals surface area (Å²) < 4.78 is 0. The topological polar surface area (TPSA) is 57.5 Å². The summed E-state index contributed by atoms with van der Waals surface area (Å²) >= 11 is 0. The van der Waals surface area contributed by atoms with Crippen LogP contribution >= 0.6 is 0 Å². The molecule has 0 bridgehead atoms. The number of carbonyl (C=O) groups is 1. The van der Waals surface area contributed by atoms with E-state index in [2.05, 4.69) is 0 Å². The van der Waals surface area contributed by atoms with Crippen molar-refractivity contribution >= 4 is 5.97 Å². The van der Waals surface area contributed by atoms with Crippen molar-refractivity contribution in [2.45, 2.75) is 6.42 Å². The van der Waals surface area contributed by atoms with Gasteiger partial charge in [-0.05, 0) is 40.8 Å². The van der Waals surface area contributed by atoms with E-state index in [1.807, 2.05) is 24.3 Å². The van der Waals surface area contributed by atoms with Crippen LogP contribution in [0, 0.1) is 0 Å². The van der Waals surface area contributed by atoms with Crippen LogP contribution in [-0.2, 0) is 6.42 Å². The summed E-state index contributed by atoms with van der Waals surface area (Å²) in [6.45, 7) is 0. The summed E-state index contributed by atoms with van der Waals surface area (Å²) in [5.74, 6) is -1.27. The Morgan fingerprint density at radius 3 is 2.59 bits per heavy atom. The molecular weight excluding hydrogens is 216 g/mol. The van der Waals surface area contributed by atoms with Gasteiger partial charge in [-0.25, -0.2) is 4.79 Å². The van der Waals surface area contributed by atoms with E-state index in [9.17, 15) is 9.90 Å². The quantitative estimate of drug-likeness (QED) is 0.670. The Balaban J connectivity index is 2.23. The first-order valence-corrected chi connectivity index (χ1v) is 5.34. The highest BCUT2D eigenvalue weighted by atomic mass is 16.4. The molecular formula is C14H10O3. The van der Waals surface area contributed by atoms with Crippen LogP contribution in [0.1, 0.15) is 21.5 Å². The van der Waals surface area contributed by atoms with Crippen molar-refractivity contribution in [1.29, 1.82) is 0 Å². The van der Waals surface area contributed by atoms with Crippen molar-refractivity contribution < 1.29 is 15.0 Å². The van der Waals surface area contributed by atoms with Crippen molar-refractivity contribution in [3.05, 3.63) is 53.1 Å². The van der Waals surface area contributed by atoms with Crippen LogP contribution in [0.15, 0.2) is 36.4 Å². The van der Waals surface area contributed by atoms with E-state index in [4.69, 9.17) is 5.11 Å². The molecule has 3 nitrogen and oxygen atoms in total. The second kappa shape index (κ2) is 3.35. The van der Waals surface area contributed by atoms with E-state index >= 15 is 0 Å². The maximum Gasteiger partial charge on any atom is 0.339 e. The van der Waals surface area contributed by atoms with Gasteiger partial charge in [-0.15, -0.1) is 0 Å². The Morgan fingerprint density at radius 1 is 1.06 bits per heavy atom. The highest BCUT2D eigenvalue weighted by Gasteiger charge is 2.21. The number of carboxylic acid groups (broad SMARTS) is 1. The van der Waals surface area contributed by atoms with Crippen LogP contribution in [0.2, 0.25) is 0 Å². The Hall–Kier alpha value is -2.29. The molecule has 3 rings (SSSR count). The molecule has 3 heteroatoms. The van der Waals surface area contributed by atoms with Gasteiger partial charge in [-0.1, -0.05) is 24.3 Å². The summed E-state index contributed by atoms with van der Waals surface area (Å²) in [7, 11) is 0. The number of fused-ring (bicyclic) bond motifs is 3. The fourth-order valence-corrected chi connectivity index (χ4v) is 2.34. The lowest BCUT2D eigenvalue weighted by Crippen LogP contribution is -1.98. The van der Waals surface area contributed by atoms with Gasteiger partial charge in [0.2, 0.25) is 0 Å². The molecule has 0 saturated carbocycles. The molecule has 0 unspecified atom stereocenters. The molecule has 0 aliphatic heterocycles. The number of hydrogen-bond donors (Lipinski definition) is 2. The van der Waals surface area contributed by atoms with Crippen LogP contribution in [0.4, 0.5) is 0 Å². The predicted molar refractivity (Wildman–Crippen MR) is 63.3 cm³/mol. The van der Waals surface area contributed by atoms with Crippen molar-refractivity contribution in [2.75, 3.05) is 0 Å². The standard InChI is InChI=1S/C14H10O3/c15-13-7-11-9(6-12(13)14(16)17)5-8-3-1-2-4-10(8)11/h1-4,6-7,15H,5H2,(H,16,17). The molecule has 2 aromatic rings. The van der Waals surface area contributed by atoms with Gasteiger partial charge in [0.15, 0.2) is 0 Å². The molecule has 84 valence electrons. The molecule has 2 N–H and O–H groups in total. The molecule has 0 aromatic heterocycles. The molecule has 0 amide bonds. The SMILES string of the molecule is O=C(O)c1cc2c(cc1O)-c1ccccc1C2. The molecule has 2 aromatic carbocycles. The molecule has 0 radical (unpaired) electrons. The van der Waals surface area contributed by atoms with Gasteiger partial charge in [0.05, 0.1) is 0 Å². The van der Waals surface area contributed by atoms with Gasteiger partial charge in [0.25, 0.3) is 0 Å². The van der Waals surface area contributed by atoms with Crippen molar-refractivity contribution in [2.24, 2.45) is 0 Å². The minimum Gasteiger partial charge on any atom is -0.507 e. The number of aromatic carboxylic acids is 1. The first kappa shape index (κ1) is 9.90. The largest absolute Gasteiger partial charge is 0.507 e. The minimum atomic E-state index is -1.10. The summed E-state index contributed by atoms with van der Waals surface area (Å²) in [4.78, 5) is 10.9. The monoisotopic (exact) mass is 226 g/mol. The summed E-state index contributed by atoms with van der Waals surface area (Å²) in [5, 5.41) is 18.6. The first-order valence-electron chi connectivity index (χ1n) is 5.34. The third kappa shape index (κ3) is 1.40. The highest BCUT2D eigenvalue weighted by molar-refractivity contribution is 5.93. The lowest BCUT2D eigenvalue weighted by Gasteiger charge is -2.04. The third-order valence-corrected chi connectivity index (χ3v) is 3.14. The minimum absolute atomic E-state index is 0.0310. The molecule has 17 heavy (non-hydrogen) atoms. The van der Waals surface area contributed by atoms with Crippen molar-refractivity contribution in [3.63, 3.8) is 0 Å². The van der Waals surface area contributed by atoms with Crippen LogP contribution in [-0.4, -0.2) is 16.2 Å². The first-order chi connectivity index (χ1) is 8.16. The normalized spacial score (nSPS) is 12.0. The van der Waals surface area contributed by atoms with Crippen molar-refractivity contribution in [1.82, 2.24) is 0 Å². The smallest absolute Gasteiger partial charge is 0.339 e. The lowest BCUT2D eigenvalue weighted by atomic mass is 10.0. The average molecular weight is 226 g/mol. The molecule has 1 aliphatic carbocycles. The molecule has 0 atom stereocenters. The molecule has 0 saturated heterocycles. The van der Waals surface area contributed by atoms with E-state index < -0.39 is 5.97 Å². The van der Waals surface area contributed by atoms with Gasteiger partial charge in [-0.2, -0.15) is 0 Å². The fraction of sp³-hybridized carbons (Fsp3) is 0.0714. The van der Waals surface area contributed by atoms with Gasteiger partial charge < -0.3 is 10.2 Å². The molecule has 0 heterocycles. The van der Waals surface area contributed by atoms with Gasteiger partial charge in [0.1, 0.15) is 11.3 Å². The van der Waals surface area contributed by atoms with Crippen LogP contribution in [0.25, 0.3) is 11.1 Å². The Kier molecular flexibility index (Phi) is 1.95. The average Bonchev–Trinajstić information content (AvgIpc) is 2.65. The fourth-order valence-electron chi connectivity index (χ4n) is 2.34. The zero-order valence-corrected chi connectivity index (χ0v) is 8.97. The van der Waals surface area contributed by atoms with E-state index in [-0.39, 0.29) is 11.3 Å². The summed E-state index contributed by atoms with van der Waals surface area (Å²) in [5.41, 5.74) is 4.11. The third-order valence-electron chi connectivity index (χ3n) is 3.14. The van der Waals surface area contributed by atoms with Gasteiger partial charge >= 0.3 is 5.97 Å². The number of rotatable bonds is 1. The second-order valence-electron chi connectivity index (χ2n) is 4.17. The van der Waals surface area contributed by atoms with Gasteiger partial charge in [-0.3, -0.25) is 0 Å². The lowest BCUT2D eigenvalue weighted by molar-refractivity contribution is 0.0693. The second-order valence-corrected chi connectivity index (χ2v) is 4.17. The number of phenols is 1. The van der Waals surface area contributed by atoms with E-state index in [0.29, 0.717) is 0 Å². The van der Waals surface area contributed by atoms with Crippen molar-refractivity contribution in [3.8, 4) is 16.9 Å². The Morgan fingerprint density at radius 2 is 1.82 bits per heavy atom. The maximum atomic E-state index is 10.9. The number of carboxylic acids is 1. The number of aromatic hydroxyl groups is 1. The summed E-state index contributed by atoms with van der Waals surface area (Å²) in [6.07, 6.45) is 0.728. The van der Waals surface area contributed by atoms with Crippen LogP contribution in [0.5, 0.6) is 5.75 Å². The molecule has 1 aliphatic rings. The Bertz CT molecular complexity index is 629. The van der Waals surface area contributed by atoms with E-state index in [1.165, 1.54) is 5.56 Å². The zero-order chi connectivity index (χ0) is 12.0. The van der Waals surface area contributed by atoms with E-state index in [0.717, 1.165) is 23.1 Å². The van der Waals surface area contributed by atoms with Crippen LogP contribution in [0.3, 0.4) is 0 Å². The predicted octanol–water partition coefficient (Wildman–Crippen LogP) is 2.66. The number of hydrogen-bond acceptors (Lipinski definition) is 2.